The molecule has 0 saturated carbocycles. The highest BCUT2D eigenvalue weighted by molar-refractivity contribution is 6.11. The number of ketones is 2. The van der Waals surface area contributed by atoms with Crippen LogP contribution in [0.5, 0.6) is 0 Å². The first kappa shape index (κ1) is 8.97. The second-order valence-corrected chi connectivity index (χ2v) is 2.79. The van der Waals surface area contributed by atoms with Crippen molar-refractivity contribution in [1.82, 2.24) is 0 Å². The van der Waals surface area contributed by atoms with Crippen molar-refractivity contribution in [3.8, 4) is 0 Å². The molecule has 1 rings (SSSR count). The molecule has 66 valence electrons. The molecule has 12 heavy (non-hydrogen) atoms. The molecule has 0 radical (unpaired) electrons. The van der Waals surface area contributed by atoms with Gasteiger partial charge >= 0.3 is 0 Å². The first-order valence-electron chi connectivity index (χ1n) is 4.14. The smallest absolute Gasteiger partial charge is 0.217 e. The van der Waals surface area contributed by atoms with E-state index >= 15 is 0 Å². The molecule has 0 spiro atoms. The van der Waals surface area contributed by atoms with Crippen LogP contribution in [0.25, 0.3) is 0 Å². The van der Waals surface area contributed by atoms with E-state index in [1.54, 1.807) is 0 Å². The van der Waals surface area contributed by atoms with Crippen molar-refractivity contribution in [2.75, 3.05) is 0 Å². The van der Waals surface area contributed by atoms with Crippen LogP contribution >= 0.6 is 0 Å². The number of unbranched alkanes of at least 4 members (excludes halogenated alkanes) is 1. The van der Waals surface area contributed by atoms with Crippen LogP contribution in [0, 0.1) is 0 Å². The van der Waals surface area contributed by atoms with Crippen LogP contribution in [0.2, 0.25) is 0 Å². The summed E-state index contributed by atoms with van der Waals surface area (Å²) in [6, 6.07) is 0. The van der Waals surface area contributed by atoms with E-state index in [2.05, 4.69) is 0 Å². The molecule has 3 heteroatoms. The topological polar surface area (TPSA) is 43.4 Å². The van der Waals surface area contributed by atoms with E-state index in [1.165, 1.54) is 12.3 Å². The van der Waals surface area contributed by atoms with Gasteiger partial charge in [-0.25, -0.2) is 0 Å². The minimum atomic E-state index is -0.837. The molecule has 0 aromatic heterocycles. The van der Waals surface area contributed by atoms with Gasteiger partial charge < -0.3 is 4.74 Å². The molecule has 0 aromatic rings. The molecule has 0 aromatic carbocycles. The van der Waals surface area contributed by atoms with Crippen LogP contribution in [0.1, 0.15) is 26.2 Å². The molecule has 0 saturated heterocycles. The highest BCUT2D eigenvalue weighted by Gasteiger charge is 2.28. The number of carbonyl (C=O) groups is 2. The highest BCUT2D eigenvalue weighted by Crippen LogP contribution is 2.09. The Labute approximate surface area is 71.4 Å². The van der Waals surface area contributed by atoms with E-state index in [0.717, 1.165) is 12.8 Å². The Kier molecular flexibility index (Phi) is 3.02. The van der Waals surface area contributed by atoms with Gasteiger partial charge in [-0.15, -0.1) is 0 Å². The van der Waals surface area contributed by atoms with Crippen molar-refractivity contribution in [1.29, 1.82) is 0 Å². The molecular formula is C9H12O3. The largest absolute Gasteiger partial charge is 0.482 e. The summed E-state index contributed by atoms with van der Waals surface area (Å²) < 4.78 is 4.84. The summed E-state index contributed by atoms with van der Waals surface area (Å²) in [4.78, 5) is 22.2. The van der Waals surface area contributed by atoms with E-state index in [1.807, 2.05) is 6.92 Å². The maximum absolute atomic E-state index is 11.2. The van der Waals surface area contributed by atoms with Gasteiger partial charge in [-0.1, -0.05) is 13.3 Å². The lowest BCUT2D eigenvalue weighted by atomic mass is 10.1. The van der Waals surface area contributed by atoms with Crippen molar-refractivity contribution >= 4 is 11.6 Å². The normalized spacial score (nSPS) is 21.1. The standard InChI is InChI=1S/C9H12O3/c1-2-3-4-7(10)9-8(11)5-6-12-9/h5-6,9H,2-4H2,1H3. The van der Waals surface area contributed by atoms with Gasteiger partial charge in [0.2, 0.25) is 11.9 Å². The van der Waals surface area contributed by atoms with Gasteiger partial charge in [-0.05, 0) is 6.42 Å². The summed E-state index contributed by atoms with van der Waals surface area (Å²) in [7, 11) is 0. The van der Waals surface area contributed by atoms with Crippen molar-refractivity contribution < 1.29 is 14.3 Å². The Morgan fingerprint density at radius 3 is 2.92 bits per heavy atom. The average Bonchev–Trinajstić information content (AvgIpc) is 2.47. The van der Waals surface area contributed by atoms with Gasteiger partial charge in [0, 0.05) is 12.5 Å². The summed E-state index contributed by atoms with van der Waals surface area (Å²) in [5, 5.41) is 0. The van der Waals surface area contributed by atoms with E-state index in [0.29, 0.717) is 6.42 Å². The number of ether oxygens (including phenoxy) is 1. The molecule has 1 atom stereocenters. The fourth-order valence-electron chi connectivity index (χ4n) is 1.06. The molecule has 0 N–H and O–H groups in total. The second kappa shape index (κ2) is 4.04. The summed E-state index contributed by atoms with van der Waals surface area (Å²) in [6.45, 7) is 2.00. The average molecular weight is 168 g/mol. The van der Waals surface area contributed by atoms with Crippen molar-refractivity contribution in [3.63, 3.8) is 0 Å². The molecule has 0 amide bonds. The molecule has 3 nitrogen and oxygen atoms in total. The van der Waals surface area contributed by atoms with Gasteiger partial charge in [0.25, 0.3) is 0 Å². The Morgan fingerprint density at radius 2 is 2.42 bits per heavy atom. The van der Waals surface area contributed by atoms with E-state index in [4.69, 9.17) is 4.74 Å². The van der Waals surface area contributed by atoms with Gasteiger partial charge in [-0.3, -0.25) is 9.59 Å². The first-order valence-corrected chi connectivity index (χ1v) is 4.14. The minimum absolute atomic E-state index is 0.105. The quantitative estimate of drug-likeness (QED) is 0.593. The van der Waals surface area contributed by atoms with E-state index in [9.17, 15) is 9.59 Å². The number of rotatable bonds is 4. The lowest BCUT2D eigenvalue weighted by Crippen LogP contribution is -2.26. The summed E-state index contributed by atoms with van der Waals surface area (Å²) in [5.74, 6) is -0.331. The monoisotopic (exact) mass is 168 g/mol. The summed E-state index contributed by atoms with van der Waals surface area (Å²) in [5.41, 5.74) is 0. The third-order valence-corrected chi connectivity index (χ3v) is 1.77. The predicted octanol–water partition coefficient (Wildman–Crippen LogP) is 1.23. The Morgan fingerprint density at radius 1 is 1.67 bits per heavy atom. The van der Waals surface area contributed by atoms with Crippen LogP contribution in [-0.4, -0.2) is 17.7 Å². The number of hydrogen-bond acceptors (Lipinski definition) is 3. The Bertz CT molecular complexity index is 218. The summed E-state index contributed by atoms with van der Waals surface area (Å²) in [6.07, 6.45) is 3.97. The Hall–Kier alpha value is -1.12. The van der Waals surface area contributed by atoms with Crippen LogP contribution < -0.4 is 0 Å². The fourth-order valence-corrected chi connectivity index (χ4v) is 1.06. The molecule has 1 aliphatic rings. The maximum atomic E-state index is 11.2. The number of carbonyl (C=O) groups excluding carboxylic acids is 2. The summed E-state index contributed by atoms with van der Waals surface area (Å²) >= 11 is 0. The molecule has 1 unspecified atom stereocenters. The van der Waals surface area contributed by atoms with Crippen LogP contribution in [0.15, 0.2) is 12.3 Å². The fraction of sp³-hybridized carbons (Fsp3) is 0.556. The van der Waals surface area contributed by atoms with Crippen molar-refractivity contribution in [2.24, 2.45) is 0 Å². The van der Waals surface area contributed by atoms with Gasteiger partial charge in [0.15, 0.2) is 5.78 Å². The van der Waals surface area contributed by atoms with Crippen LogP contribution in [-0.2, 0) is 14.3 Å². The van der Waals surface area contributed by atoms with Gasteiger partial charge in [-0.2, -0.15) is 0 Å². The highest BCUT2D eigenvalue weighted by atomic mass is 16.5. The lowest BCUT2D eigenvalue weighted by molar-refractivity contribution is -0.134. The third kappa shape index (κ3) is 1.94. The molecular weight excluding hydrogens is 156 g/mol. The van der Waals surface area contributed by atoms with E-state index in [-0.39, 0.29) is 11.6 Å². The van der Waals surface area contributed by atoms with Crippen LogP contribution in [0.3, 0.4) is 0 Å². The Balaban J connectivity index is 2.38. The number of Topliss-reactive ketones (excluding diaryl/α,β-unsaturated/α-hetero) is 1. The first-order chi connectivity index (χ1) is 5.75. The van der Waals surface area contributed by atoms with Crippen molar-refractivity contribution in [3.05, 3.63) is 12.3 Å². The maximum Gasteiger partial charge on any atom is 0.217 e. The lowest BCUT2D eigenvalue weighted by Gasteiger charge is -2.06. The second-order valence-electron chi connectivity index (χ2n) is 2.79. The molecule has 0 fully saturated rings. The van der Waals surface area contributed by atoms with Gasteiger partial charge in [0.1, 0.15) is 0 Å². The van der Waals surface area contributed by atoms with Gasteiger partial charge in [0.05, 0.1) is 6.26 Å². The number of hydrogen-bond donors (Lipinski definition) is 0. The zero-order valence-corrected chi connectivity index (χ0v) is 7.08. The zero-order chi connectivity index (χ0) is 8.97. The molecule has 0 bridgehead atoms. The third-order valence-electron chi connectivity index (χ3n) is 1.77. The van der Waals surface area contributed by atoms with Crippen molar-refractivity contribution in [2.45, 2.75) is 32.3 Å². The molecule has 1 heterocycles. The minimum Gasteiger partial charge on any atom is -0.482 e. The zero-order valence-electron chi connectivity index (χ0n) is 7.08. The SMILES string of the molecule is CCCCC(=O)C1OC=CC1=O. The van der Waals surface area contributed by atoms with E-state index < -0.39 is 6.10 Å². The van der Waals surface area contributed by atoms with Crippen LogP contribution in [0.4, 0.5) is 0 Å². The molecule has 1 aliphatic heterocycles. The molecule has 0 aliphatic carbocycles. The predicted molar refractivity (Wildman–Crippen MR) is 43.6 cm³/mol.